The molecule has 2 aromatic carbocycles. The van der Waals surface area contributed by atoms with Crippen molar-refractivity contribution in [2.24, 2.45) is 5.92 Å². The molecule has 122 valence electrons. The smallest absolute Gasteiger partial charge is 0.249 e. The molecular formula is C18H15ClN2O3. The molecule has 0 fully saturated rings. The van der Waals surface area contributed by atoms with Gasteiger partial charge < -0.3 is 10.1 Å². The summed E-state index contributed by atoms with van der Waals surface area (Å²) in [4.78, 5) is 24.5. The number of Topliss-reactive ketones (excluding diaryl/α,β-unsaturated/α-hetero) is 1. The standard InChI is InChI=1S/C18H15ClN2O3/c1-24-13-6-4-5-12(9-13)10-17(22)14(11-20)18(23)21-16-8-3-2-7-15(16)19/h2-9,14H,10H2,1H3,(H,21,23)/t14-/m1/s1. The molecule has 0 unspecified atom stereocenters. The van der Waals surface area contributed by atoms with Gasteiger partial charge in [0.2, 0.25) is 5.91 Å². The van der Waals surface area contributed by atoms with Crippen LogP contribution in [-0.4, -0.2) is 18.8 Å². The van der Waals surface area contributed by atoms with Crippen molar-refractivity contribution in [3.8, 4) is 11.8 Å². The van der Waals surface area contributed by atoms with Gasteiger partial charge in [-0.2, -0.15) is 5.26 Å². The predicted molar refractivity (Wildman–Crippen MR) is 90.9 cm³/mol. The van der Waals surface area contributed by atoms with E-state index in [1.165, 1.54) is 7.11 Å². The molecule has 5 nitrogen and oxygen atoms in total. The molecule has 24 heavy (non-hydrogen) atoms. The molecule has 0 heterocycles. The Labute approximate surface area is 144 Å². The number of para-hydroxylation sites is 1. The van der Waals surface area contributed by atoms with Gasteiger partial charge in [0.25, 0.3) is 0 Å². The Morgan fingerprint density at radius 2 is 2.00 bits per heavy atom. The predicted octanol–water partition coefficient (Wildman–Crippen LogP) is 3.24. The molecule has 0 aromatic heterocycles. The molecule has 0 saturated carbocycles. The zero-order valence-electron chi connectivity index (χ0n) is 13.0. The van der Waals surface area contributed by atoms with Crippen LogP contribution >= 0.6 is 11.6 Å². The van der Waals surface area contributed by atoms with Gasteiger partial charge >= 0.3 is 0 Å². The maximum absolute atomic E-state index is 12.3. The number of nitrogens with one attached hydrogen (secondary N) is 1. The minimum Gasteiger partial charge on any atom is -0.497 e. The minimum absolute atomic E-state index is 0.0363. The summed E-state index contributed by atoms with van der Waals surface area (Å²) < 4.78 is 5.09. The largest absolute Gasteiger partial charge is 0.497 e. The normalized spacial score (nSPS) is 11.2. The Balaban J connectivity index is 2.09. The van der Waals surface area contributed by atoms with E-state index in [-0.39, 0.29) is 6.42 Å². The Kier molecular flexibility index (Phi) is 5.94. The second kappa shape index (κ2) is 8.14. The molecule has 0 aliphatic carbocycles. The fourth-order valence-corrected chi connectivity index (χ4v) is 2.31. The molecular weight excluding hydrogens is 328 g/mol. The van der Waals surface area contributed by atoms with Crippen molar-refractivity contribution in [2.45, 2.75) is 6.42 Å². The summed E-state index contributed by atoms with van der Waals surface area (Å²) in [6, 6.07) is 15.3. The van der Waals surface area contributed by atoms with Gasteiger partial charge in [0, 0.05) is 6.42 Å². The van der Waals surface area contributed by atoms with Gasteiger partial charge in [-0.05, 0) is 29.8 Å². The van der Waals surface area contributed by atoms with Crippen molar-refractivity contribution in [1.82, 2.24) is 0 Å². The first-order valence-electron chi connectivity index (χ1n) is 7.16. The highest BCUT2D eigenvalue weighted by molar-refractivity contribution is 6.33. The van der Waals surface area contributed by atoms with Crippen LogP contribution in [0.5, 0.6) is 5.75 Å². The van der Waals surface area contributed by atoms with Crippen molar-refractivity contribution < 1.29 is 14.3 Å². The SMILES string of the molecule is COc1cccc(CC(=O)[C@@H](C#N)C(=O)Nc2ccccc2Cl)c1. The number of nitriles is 1. The van der Waals surface area contributed by atoms with Gasteiger partial charge in [-0.1, -0.05) is 35.9 Å². The molecule has 0 aliphatic heterocycles. The van der Waals surface area contributed by atoms with Gasteiger partial charge in [-0.3, -0.25) is 9.59 Å². The number of ether oxygens (including phenoxy) is 1. The average molecular weight is 343 g/mol. The number of carbonyl (C=O) groups excluding carboxylic acids is 2. The summed E-state index contributed by atoms with van der Waals surface area (Å²) in [6.07, 6.45) is -0.0363. The van der Waals surface area contributed by atoms with Crippen molar-refractivity contribution >= 4 is 29.0 Å². The fraction of sp³-hybridized carbons (Fsp3) is 0.167. The van der Waals surface area contributed by atoms with Crippen molar-refractivity contribution in [1.29, 1.82) is 5.26 Å². The molecule has 0 aliphatic rings. The third-order valence-corrected chi connectivity index (χ3v) is 3.69. The summed E-state index contributed by atoms with van der Waals surface area (Å²) in [7, 11) is 1.52. The zero-order valence-corrected chi connectivity index (χ0v) is 13.7. The lowest BCUT2D eigenvalue weighted by Gasteiger charge is -2.11. The van der Waals surface area contributed by atoms with Crippen molar-refractivity contribution in [2.75, 3.05) is 12.4 Å². The van der Waals surface area contributed by atoms with Gasteiger partial charge in [-0.15, -0.1) is 0 Å². The molecule has 0 bridgehead atoms. The Morgan fingerprint density at radius 1 is 1.25 bits per heavy atom. The number of carbonyl (C=O) groups is 2. The lowest BCUT2D eigenvalue weighted by molar-refractivity contribution is -0.128. The molecule has 6 heteroatoms. The number of ketones is 1. The van der Waals surface area contributed by atoms with E-state index in [0.29, 0.717) is 22.0 Å². The number of amides is 1. The third kappa shape index (κ3) is 4.34. The molecule has 0 radical (unpaired) electrons. The van der Waals surface area contributed by atoms with Crippen molar-refractivity contribution in [3.63, 3.8) is 0 Å². The monoisotopic (exact) mass is 342 g/mol. The third-order valence-electron chi connectivity index (χ3n) is 3.36. The van der Waals surface area contributed by atoms with E-state index in [1.807, 2.05) is 0 Å². The van der Waals surface area contributed by atoms with Crippen LogP contribution in [0.15, 0.2) is 48.5 Å². The van der Waals surface area contributed by atoms with E-state index in [1.54, 1.807) is 54.6 Å². The maximum Gasteiger partial charge on any atom is 0.249 e. The van der Waals surface area contributed by atoms with Crippen LogP contribution in [0.3, 0.4) is 0 Å². The number of rotatable bonds is 6. The average Bonchev–Trinajstić information content (AvgIpc) is 2.57. The number of anilines is 1. The van der Waals surface area contributed by atoms with Crippen LogP contribution in [0.25, 0.3) is 0 Å². The van der Waals surface area contributed by atoms with Crippen LogP contribution in [0.4, 0.5) is 5.69 Å². The highest BCUT2D eigenvalue weighted by Gasteiger charge is 2.26. The van der Waals surface area contributed by atoms with Crippen LogP contribution in [0, 0.1) is 17.2 Å². The highest BCUT2D eigenvalue weighted by atomic mass is 35.5. The molecule has 1 amide bonds. The van der Waals surface area contributed by atoms with Crippen LogP contribution < -0.4 is 10.1 Å². The molecule has 2 aromatic rings. The molecule has 0 saturated heterocycles. The molecule has 1 atom stereocenters. The number of nitrogens with zero attached hydrogens (tertiary/aromatic N) is 1. The van der Waals surface area contributed by atoms with Gasteiger partial charge in [0.15, 0.2) is 11.7 Å². The number of methoxy groups -OCH3 is 1. The number of hydrogen-bond donors (Lipinski definition) is 1. The van der Waals surface area contributed by atoms with Gasteiger partial charge in [0.05, 0.1) is 23.9 Å². The van der Waals surface area contributed by atoms with Crippen LogP contribution in [0.2, 0.25) is 5.02 Å². The lowest BCUT2D eigenvalue weighted by atomic mass is 9.98. The fourth-order valence-electron chi connectivity index (χ4n) is 2.13. The Bertz CT molecular complexity index is 799. The first kappa shape index (κ1) is 17.5. The first-order valence-corrected chi connectivity index (χ1v) is 7.53. The molecule has 0 spiro atoms. The maximum atomic E-state index is 12.3. The first-order chi connectivity index (χ1) is 11.5. The summed E-state index contributed by atoms with van der Waals surface area (Å²) in [5.41, 5.74) is 1.03. The highest BCUT2D eigenvalue weighted by Crippen LogP contribution is 2.21. The van der Waals surface area contributed by atoms with E-state index in [4.69, 9.17) is 16.3 Å². The Hall–Kier alpha value is -2.84. The number of hydrogen-bond acceptors (Lipinski definition) is 4. The second-order valence-electron chi connectivity index (χ2n) is 5.03. The van der Waals surface area contributed by atoms with E-state index >= 15 is 0 Å². The lowest BCUT2D eigenvalue weighted by Crippen LogP contribution is -2.29. The zero-order chi connectivity index (χ0) is 17.5. The summed E-state index contributed by atoms with van der Waals surface area (Å²) in [5.74, 6) is -1.99. The number of benzene rings is 2. The van der Waals surface area contributed by atoms with Gasteiger partial charge in [-0.25, -0.2) is 0 Å². The second-order valence-corrected chi connectivity index (χ2v) is 5.43. The quantitative estimate of drug-likeness (QED) is 0.817. The van der Waals surface area contributed by atoms with Crippen LogP contribution in [-0.2, 0) is 16.0 Å². The van der Waals surface area contributed by atoms with Crippen LogP contribution in [0.1, 0.15) is 5.56 Å². The van der Waals surface area contributed by atoms with Crippen molar-refractivity contribution in [3.05, 3.63) is 59.1 Å². The minimum atomic E-state index is -1.41. The molecule has 1 N–H and O–H groups in total. The summed E-state index contributed by atoms with van der Waals surface area (Å²) in [5, 5.41) is 12.1. The van der Waals surface area contributed by atoms with E-state index in [2.05, 4.69) is 5.32 Å². The van der Waals surface area contributed by atoms with E-state index in [0.717, 1.165) is 0 Å². The Morgan fingerprint density at radius 3 is 2.67 bits per heavy atom. The van der Waals surface area contributed by atoms with E-state index in [9.17, 15) is 14.9 Å². The molecule has 2 rings (SSSR count). The summed E-state index contributed by atoms with van der Waals surface area (Å²) >= 11 is 5.96. The van der Waals surface area contributed by atoms with E-state index < -0.39 is 17.6 Å². The van der Waals surface area contributed by atoms with Gasteiger partial charge in [0.1, 0.15) is 5.75 Å². The topological polar surface area (TPSA) is 79.2 Å². The summed E-state index contributed by atoms with van der Waals surface area (Å²) in [6.45, 7) is 0. The number of halogens is 1.